The van der Waals surface area contributed by atoms with E-state index in [1.54, 1.807) is 0 Å². The normalized spacial score (nSPS) is 35.0. The van der Waals surface area contributed by atoms with Crippen LogP contribution in [0.2, 0.25) is 0 Å². The van der Waals surface area contributed by atoms with Crippen LogP contribution in [0, 0.1) is 11.8 Å². The third kappa shape index (κ3) is 1.95. The fourth-order valence-corrected chi connectivity index (χ4v) is 1.61. The highest BCUT2D eigenvalue weighted by Crippen LogP contribution is 2.25. The summed E-state index contributed by atoms with van der Waals surface area (Å²) in [6, 6.07) is 0. The van der Waals surface area contributed by atoms with E-state index < -0.39 is 0 Å². The third-order valence-corrected chi connectivity index (χ3v) is 2.39. The van der Waals surface area contributed by atoms with Gasteiger partial charge < -0.3 is 9.53 Å². The smallest absolute Gasteiger partial charge is 0.126 e. The Morgan fingerprint density at radius 2 is 2.42 bits per heavy atom. The van der Waals surface area contributed by atoms with Crippen LogP contribution in [-0.4, -0.2) is 19.0 Å². The molecule has 0 amide bonds. The van der Waals surface area contributed by atoms with Crippen molar-refractivity contribution < 1.29 is 9.53 Å². The van der Waals surface area contributed by atoms with Gasteiger partial charge in [-0.2, -0.15) is 0 Å². The van der Waals surface area contributed by atoms with Gasteiger partial charge in [-0.3, -0.25) is 0 Å². The molecule has 0 fully saturated rings. The number of ether oxygens (including phenoxy) is 1. The van der Waals surface area contributed by atoms with Crippen molar-refractivity contribution in [3.63, 3.8) is 0 Å². The van der Waals surface area contributed by atoms with Crippen molar-refractivity contribution in [1.82, 2.24) is 0 Å². The molecule has 1 aliphatic rings. The van der Waals surface area contributed by atoms with Crippen LogP contribution in [-0.2, 0) is 9.53 Å². The molecule has 0 aromatic rings. The molecular weight excluding hydrogens is 152 g/mol. The van der Waals surface area contributed by atoms with E-state index in [2.05, 4.69) is 13.0 Å². The summed E-state index contributed by atoms with van der Waals surface area (Å²) < 4.78 is 5.44. The summed E-state index contributed by atoms with van der Waals surface area (Å²) in [4.78, 5) is 10.7. The molecule has 1 rings (SSSR count). The topological polar surface area (TPSA) is 26.3 Å². The SMILES string of the molecule is CCOC1C=CCC(C)C1C=O. The van der Waals surface area contributed by atoms with Gasteiger partial charge in [-0.25, -0.2) is 0 Å². The van der Waals surface area contributed by atoms with Crippen LogP contribution < -0.4 is 0 Å². The standard InChI is InChI=1S/C10H16O2/c1-3-12-10-6-4-5-8(2)9(10)7-11/h4,6-10H,3,5H2,1-2H3. The minimum atomic E-state index is 0.0104. The van der Waals surface area contributed by atoms with E-state index in [9.17, 15) is 4.79 Å². The lowest BCUT2D eigenvalue weighted by Gasteiger charge is -2.28. The lowest BCUT2D eigenvalue weighted by molar-refractivity contribution is -0.116. The Balaban J connectivity index is 2.62. The van der Waals surface area contributed by atoms with Crippen LogP contribution in [0.25, 0.3) is 0 Å². The Morgan fingerprint density at radius 1 is 1.67 bits per heavy atom. The van der Waals surface area contributed by atoms with Crippen molar-refractivity contribution in [1.29, 1.82) is 0 Å². The van der Waals surface area contributed by atoms with Crippen molar-refractivity contribution in [2.24, 2.45) is 11.8 Å². The molecule has 3 atom stereocenters. The summed E-state index contributed by atoms with van der Waals surface area (Å²) in [7, 11) is 0. The van der Waals surface area contributed by atoms with Gasteiger partial charge in [0.1, 0.15) is 6.29 Å². The average Bonchev–Trinajstić information content (AvgIpc) is 2.05. The molecule has 0 saturated carbocycles. The molecule has 0 aromatic carbocycles. The van der Waals surface area contributed by atoms with Gasteiger partial charge >= 0.3 is 0 Å². The van der Waals surface area contributed by atoms with Crippen LogP contribution in [0.3, 0.4) is 0 Å². The summed E-state index contributed by atoms with van der Waals surface area (Å²) in [6.07, 6.45) is 6.13. The second-order valence-electron chi connectivity index (χ2n) is 3.27. The Labute approximate surface area is 73.6 Å². The Morgan fingerprint density at radius 3 is 3.00 bits per heavy atom. The van der Waals surface area contributed by atoms with E-state index in [1.807, 2.05) is 13.0 Å². The van der Waals surface area contributed by atoms with Crippen molar-refractivity contribution in [2.75, 3.05) is 6.61 Å². The number of rotatable bonds is 3. The first kappa shape index (κ1) is 9.46. The molecule has 0 saturated heterocycles. The highest BCUT2D eigenvalue weighted by molar-refractivity contribution is 5.56. The van der Waals surface area contributed by atoms with E-state index in [4.69, 9.17) is 4.74 Å². The predicted octanol–water partition coefficient (Wildman–Crippen LogP) is 1.80. The molecule has 0 aromatic heterocycles. The summed E-state index contributed by atoms with van der Waals surface area (Å²) in [5.74, 6) is 0.471. The van der Waals surface area contributed by atoms with E-state index in [1.165, 1.54) is 0 Å². The number of hydrogen-bond donors (Lipinski definition) is 0. The fourth-order valence-electron chi connectivity index (χ4n) is 1.61. The first-order valence-electron chi connectivity index (χ1n) is 4.53. The maximum atomic E-state index is 10.7. The van der Waals surface area contributed by atoms with Crippen LogP contribution in [0.5, 0.6) is 0 Å². The fraction of sp³-hybridized carbons (Fsp3) is 0.700. The first-order chi connectivity index (χ1) is 5.79. The highest BCUT2D eigenvalue weighted by Gasteiger charge is 2.27. The van der Waals surface area contributed by atoms with Gasteiger partial charge in [0.05, 0.1) is 6.10 Å². The number of hydrogen-bond acceptors (Lipinski definition) is 2. The summed E-state index contributed by atoms with van der Waals surface area (Å²) in [6.45, 7) is 4.72. The minimum absolute atomic E-state index is 0.0104. The van der Waals surface area contributed by atoms with E-state index >= 15 is 0 Å². The van der Waals surface area contributed by atoms with Crippen LogP contribution >= 0.6 is 0 Å². The van der Waals surface area contributed by atoms with Gasteiger partial charge in [0, 0.05) is 12.5 Å². The minimum Gasteiger partial charge on any atom is -0.374 e. The molecule has 2 nitrogen and oxygen atoms in total. The number of carbonyl (C=O) groups excluding carboxylic acids is 1. The van der Waals surface area contributed by atoms with Gasteiger partial charge in [0.2, 0.25) is 0 Å². The number of aldehydes is 1. The van der Waals surface area contributed by atoms with Crippen LogP contribution in [0.15, 0.2) is 12.2 Å². The van der Waals surface area contributed by atoms with Gasteiger partial charge in [0.25, 0.3) is 0 Å². The quantitative estimate of drug-likeness (QED) is 0.474. The lowest BCUT2D eigenvalue weighted by atomic mass is 9.83. The maximum absolute atomic E-state index is 10.7. The van der Waals surface area contributed by atoms with Gasteiger partial charge in [-0.1, -0.05) is 19.1 Å². The zero-order valence-electron chi connectivity index (χ0n) is 7.69. The second-order valence-corrected chi connectivity index (χ2v) is 3.27. The summed E-state index contributed by atoms with van der Waals surface area (Å²) >= 11 is 0. The Bertz CT molecular complexity index is 175. The molecule has 0 bridgehead atoms. The number of allylic oxidation sites excluding steroid dienone is 1. The van der Waals surface area contributed by atoms with Crippen molar-refractivity contribution in [2.45, 2.75) is 26.4 Å². The molecule has 0 N–H and O–H groups in total. The van der Waals surface area contributed by atoms with Crippen LogP contribution in [0.1, 0.15) is 20.3 Å². The second kappa shape index (κ2) is 4.41. The molecule has 0 radical (unpaired) electrons. The zero-order valence-corrected chi connectivity index (χ0v) is 7.69. The third-order valence-electron chi connectivity index (χ3n) is 2.39. The first-order valence-corrected chi connectivity index (χ1v) is 4.53. The highest BCUT2D eigenvalue weighted by atomic mass is 16.5. The average molecular weight is 168 g/mol. The molecule has 1 aliphatic carbocycles. The zero-order chi connectivity index (χ0) is 8.97. The molecule has 0 heterocycles. The molecule has 68 valence electrons. The predicted molar refractivity (Wildman–Crippen MR) is 47.9 cm³/mol. The lowest BCUT2D eigenvalue weighted by Crippen LogP contribution is -2.31. The van der Waals surface area contributed by atoms with Gasteiger partial charge in [-0.05, 0) is 19.3 Å². The van der Waals surface area contributed by atoms with E-state index in [0.29, 0.717) is 12.5 Å². The Kier molecular flexibility index (Phi) is 3.48. The Hall–Kier alpha value is -0.630. The van der Waals surface area contributed by atoms with Crippen molar-refractivity contribution in [3.8, 4) is 0 Å². The number of carbonyl (C=O) groups is 1. The molecule has 0 spiro atoms. The largest absolute Gasteiger partial charge is 0.374 e. The summed E-state index contributed by atoms with van der Waals surface area (Å²) in [5.41, 5.74) is 0. The van der Waals surface area contributed by atoms with Crippen molar-refractivity contribution in [3.05, 3.63) is 12.2 Å². The maximum Gasteiger partial charge on any atom is 0.126 e. The van der Waals surface area contributed by atoms with Gasteiger partial charge in [-0.15, -0.1) is 0 Å². The van der Waals surface area contributed by atoms with Gasteiger partial charge in [0.15, 0.2) is 0 Å². The van der Waals surface area contributed by atoms with E-state index in [-0.39, 0.29) is 12.0 Å². The molecule has 12 heavy (non-hydrogen) atoms. The monoisotopic (exact) mass is 168 g/mol. The van der Waals surface area contributed by atoms with Crippen molar-refractivity contribution >= 4 is 6.29 Å². The van der Waals surface area contributed by atoms with E-state index in [0.717, 1.165) is 12.7 Å². The molecule has 0 aliphatic heterocycles. The summed E-state index contributed by atoms with van der Waals surface area (Å²) in [5, 5.41) is 0. The molecule has 2 heteroatoms. The van der Waals surface area contributed by atoms with Crippen LogP contribution in [0.4, 0.5) is 0 Å². The molecular formula is C10H16O2. The molecule has 3 unspecified atom stereocenters.